The van der Waals surface area contributed by atoms with E-state index >= 15 is 0 Å². The van der Waals surface area contributed by atoms with Crippen molar-refractivity contribution in [2.45, 2.75) is 44.6 Å². The monoisotopic (exact) mass is 237 g/mol. The Bertz CT molecular complexity index is 279. The molecule has 0 radical (unpaired) electrons. The topological polar surface area (TPSA) is 12.0 Å². The quantitative estimate of drug-likeness (QED) is 0.571. The highest BCUT2D eigenvalue weighted by Gasteiger charge is 1.95. The van der Waals surface area contributed by atoms with Gasteiger partial charge >= 0.3 is 0 Å². The minimum absolute atomic E-state index is 0.616. The molecular formula is C14H23NS. The van der Waals surface area contributed by atoms with E-state index in [1.807, 2.05) is 11.8 Å². The zero-order valence-corrected chi connectivity index (χ0v) is 11.4. The zero-order chi connectivity index (χ0) is 11.8. The molecule has 0 saturated carbocycles. The molecule has 0 aliphatic rings. The molecule has 0 heterocycles. The van der Waals surface area contributed by atoms with Crippen molar-refractivity contribution in [2.24, 2.45) is 0 Å². The standard InChI is InChI=1S/C14H23NS/c1-12(2)15-10-4-5-11-16-14-8-6-13(3)7-9-14/h6-9,12,15H,4-5,10-11H2,1-3H3. The largest absolute Gasteiger partial charge is 0.315 e. The first kappa shape index (κ1) is 13.6. The van der Waals surface area contributed by atoms with Crippen LogP contribution in [0.5, 0.6) is 0 Å². The second-order valence-electron chi connectivity index (χ2n) is 4.48. The Morgan fingerprint density at radius 1 is 1.12 bits per heavy atom. The lowest BCUT2D eigenvalue weighted by Gasteiger charge is -2.07. The van der Waals surface area contributed by atoms with Crippen molar-refractivity contribution >= 4 is 11.8 Å². The van der Waals surface area contributed by atoms with Gasteiger partial charge in [-0.1, -0.05) is 31.5 Å². The fraction of sp³-hybridized carbons (Fsp3) is 0.571. The number of aryl methyl sites for hydroxylation is 1. The van der Waals surface area contributed by atoms with E-state index < -0.39 is 0 Å². The van der Waals surface area contributed by atoms with Crippen LogP contribution in [0.1, 0.15) is 32.3 Å². The molecule has 0 aliphatic carbocycles. The number of rotatable bonds is 7. The highest BCUT2D eigenvalue weighted by atomic mass is 32.2. The molecule has 0 aliphatic heterocycles. The van der Waals surface area contributed by atoms with Crippen molar-refractivity contribution in [3.63, 3.8) is 0 Å². The molecule has 1 N–H and O–H groups in total. The van der Waals surface area contributed by atoms with Crippen molar-refractivity contribution in [1.29, 1.82) is 0 Å². The zero-order valence-electron chi connectivity index (χ0n) is 10.6. The second-order valence-corrected chi connectivity index (χ2v) is 5.65. The van der Waals surface area contributed by atoms with Gasteiger partial charge in [0.2, 0.25) is 0 Å². The summed E-state index contributed by atoms with van der Waals surface area (Å²) in [6.45, 7) is 7.67. The van der Waals surface area contributed by atoms with E-state index in [2.05, 4.69) is 50.4 Å². The summed E-state index contributed by atoms with van der Waals surface area (Å²) >= 11 is 1.96. The molecule has 0 aromatic heterocycles. The van der Waals surface area contributed by atoms with E-state index in [0.29, 0.717) is 6.04 Å². The number of unbranched alkanes of at least 4 members (excludes halogenated alkanes) is 1. The van der Waals surface area contributed by atoms with E-state index in [-0.39, 0.29) is 0 Å². The van der Waals surface area contributed by atoms with Crippen LogP contribution in [-0.2, 0) is 0 Å². The molecule has 0 spiro atoms. The Morgan fingerprint density at radius 3 is 2.44 bits per heavy atom. The lowest BCUT2D eigenvalue weighted by molar-refractivity contribution is 0.567. The number of hydrogen-bond acceptors (Lipinski definition) is 2. The first-order chi connectivity index (χ1) is 7.68. The van der Waals surface area contributed by atoms with Crippen LogP contribution >= 0.6 is 11.8 Å². The molecule has 0 unspecified atom stereocenters. The maximum atomic E-state index is 3.44. The van der Waals surface area contributed by atoms with Crippen LogP contribution in [0, 0.1) is 6.92 Å². The molecule has 16 heavy (non-hydrogen) atoms. The fourth-order valence-corrected chi connectivity index (χ4v) is 2.36. The second kappa shape index (κ2) is 7.75. The van der Waals surface area contributed by atoms with Crippen LogP contribution < -0.4 is 5.32 Å². The maximum Gasteiger partial charge on any atom is 0.00721 e. The molecule has 0 atom stereocenters. The third kappa shape index (κ3) is 6.19. The van der Waals surface area contributed by atoms with Gasteiger partial charge in [0.15, 0.2) is 0 Å². The van der Waals surface area contributed by atoms with Gasteiger partial charge in [-0.3, -0.25) is 0 Å². The Hall–Kier alpha value is -0.470. The third-order valence-electron chi connectivity index (χ3n) is 2.41. The Balaban J connectivity index is 2.05. The molecular weight excluding hydrogens is 214 g/mol. The molecule has 0 saturated heterocycles. The summed E-state index contributed by atoms with van der Waals surface area (Å²) in [5.74, 6) is 1.23. The first-order valence-electron chi connectivity index (χ1n) is 6.11. The van der Waals surface area contributed by atoms with Gasteiger partial charge in [0, 0.05) is 10.9 Å². The molecule has 1 rings (SSSR count). The average molecular weight is 237 g/mol. The molecule has 2 heteroatoms. The van der Waals surface area contributed by atoms with Gasteiger partial charge < -0.3 is 5.32 Å². The van der Waals surface area contributed by atoms with Crippen LogP contribution in [0.25, 0.3) is 0 Å². The summed E-state index contributed by atoms with van der Waals surface area (Å²) in [4.78, 5) is 1.39. The average Bonchev–Trinajstić information content (AvgIpc) is 2.25. The van der Waals surface area contributed by atoms with Crippen LogP contribution in [0.15, 0.2) is 29.2 Å². The van der Waals surface area contributed by atoms with E-state index in [1.165, 1.54) is 29.1 Å². The predicted molar refractivity (Wildman–Crippen MR) is 74.3 cm³/mol. The van der Waals surface area contributed by atoms with Crippen molar-refractivity contribution in [2.75, 3.05) is 12.3 Å². The highest BCUT2D eigenvalue weighted by molar-refractivity contribution is 7.99. The van der Waals surface area contributed by atoms with E-state index in [1.54, 1.807) is 0 Å². The molecule has 0 bridgehead atoms. The first-order valence-corrected chi connectivity index (χ1v) is 7.10. The molecule has 1 aromatic carbocycles. The Kier molecular flexibility index (Phi) is 6.58. The van der Waals surface area contributed by atoms with Gasteiger partial charge in [-0.05, 0) is 44.2 Å². The van der Waals surface area contributed by atoms with Gasteiger partial charge in [-0.25, -0.2) is 0 Å². The summed E-state index contributed by atoms with van der Waals surface area (Å²) in [5, 5.41) is 3.44. The number of thioether (sulfide) groups is 1. The van der Waals surface area contributed by atoms with Crippen molar-refractivity contribution in [1.82, 2.24) is 5.32 Å². The summed E-state index contributed by atoms with van der Waals surface area (Å²) in [6, 6.07) is 9.41. The van der Waals surface area contributed by atoms with Gasteiger partial charge in [-0.15, -0.1) is 11.8 Å². The predicted octanol–water partition coefficient (Wildman–Crippen LogP) is 3.87. The van der Waals surface area contributed by atoms with E-state index in [0.717, 1.165) is 6.54 Å². The van der Waals surface area contributed by atoms with Crippen molar-refractivity contribution in [3.8, 4) is 0 Å². The smallest absolute Gasteiger partial charge is 0.00721 e. The van der Waals surface area contributed by atoms with Gasteiger partial charge in [0.1, 0.15) is 0 Å². The van der Waals surface area contributed by atoms with Crippen molar-refractivity contribution in [3.05, 3.63) is 29.8 Å². The molecule has 0 fully saturated rings. The minimum atomic E-state index is 0.616. The Morgan fingerprint density at radius 2 is 1.81 bits per heavy atom. The lowest BCUT2D eigenvalue weighted by atomic mass is 10.2. The van der Waals surface area contributed by atoms with E-state index in [9.17, 15) is 0 Å². The normalized spacial score (nSPS) is 11.0. The minimum Gasteiger partial charge on any atom is -0.315 e. The number of benzene rings is 1. The summed E-state index contributed by atoms with van der Waals surface area (Å²) in [7, 11) is 0. The number of nitrogens with one attached hydrogen (secondary N) is 1. The SMILES string of the molecule is Cc1ccc(SCCCCNC(C)C)cc1. The van der Waals surface area contributed by atoms with Gasteiger partial charge in [0.05, 0.1) is 0 Å². The van der Waals surface area contributed by atoms with Crippen LogP contribution in [-0.4, -0.2) is 18.3 Å². The fourth-order valence-electron chi connectivity index (χ4n) is 1.44. The van der Waals surface area contributed by atoms with Gasteiger partial charge in [0.25, 0.3) is 0 Å². The summed E-state index contributed by atoms with van der Waals surface area (Å²) in [5.41, 5.74) is 1.34. The molecule has 0 amide bonds. The number of hydrogen-bond donors (Lipinski definition) is 1. The summed E-state index contributed by atoms with van der Waals surface area (Å²) < 4.78 is 0. The van der Waals surface area contributed by atoms with Crippen LogP contribution in [0.2, 0.25) is 0 Å². The van der Waals surface area contributed by atoms with E-state index in [4.69, 9.17) is 0 Å². The molecule has 1 aromatic rings. The van der Waals surface area contributed by atoms with Gasteiger partial charge in [-0.2, -0.15) is 0 Å². The van der Waals surface area contributed by atoms with Crippen LogP contribution in [0.4, 0.5) is 0 Å². The third-order valence-corrected chi connectivity index (χ3v) is 3.51. The molecule has 90 valence electrons. The summed E-state index contributed by atoms with van der Waals surface area (Å²) in [6.07, 6.45) is 2.56. The highest BCUT2D eigenvalue weighted by Crippen LogP contribution is 2.19. The lowest BCUT2D eigenvalue weighted by Crippen LogP contribution is -2.23. The Labute approximate surface area is 104 Å². The molecule has 1 nitrogen and oxygen atoms in total. The maximum absolute atomic E-state index is 3.44. The van der Waals surface area contributed by atoms with Crippen LogP contribution in [0.3, 0.4) is 0 Å². The van der Waals surface area contributed by atoms with Crippen molar-refractivity contribution < 1.29 is 0 Å².